The van der Waals surface area contributed by atoms with E-state index < -0.39 is 0 Å². The fraction of sp³-hybridized carbons (Fsp3) is 0.200. The molecule has 2 N–H and O–H groups in total. The highest BCUT2D eigenvalue weighted by Crippen LogP contribution is 2.21. The minimum atomic E-state index is -0.388. The van der Waals surface area contributed by atoms with Crippen LogP contribution in [0.2, 0.25) is 5.02 Å². The predicted molar refractivity (Wildman–Crippen MR) is 58.9 cm³/mol. The average molecular weight is 241 g/mol. The minimum Gasteiger partial charge on any atom is -0.323 e. The van der Waals surface area contributed by atoms with Gasteiger partial charge in [0.2, 0.25) is 0 Å². The van der Waals surface area contributed by atoms with E-state index in [1.54, 1.807) is 13.1 Å². The van der Waals surface area contributed by atoms with Crippen molar-refractivity contribution in [3.05, 3.63) is 40.9 Å². The first kappa shape index (κ1) is 11.0. The van der Waals surface area contributed by atoms with Crippen molar-refractivity contribution in [3.63, 3.8) is 0 Å². The molecule has 84 valence electrons. The van der Waals surface area contributed by atoms with Crippen molar-refractivity contribution < 1.29 is 4.39 Å². The smallest absolute Gasteiger partial charge is 0.124 e. The molecule has 2 aromatic rings. The number of hydrogen-bond acceptors (Lipinski definition) is 3. The summed E-state index contributed by atoms with van der Waals surface area (Å²) >= 11 is 5.89. The Labute approximate surface area is 96.8 Å². The van der Waals surface area contributed by atoms with Crippen LogP contribution in [0.5, 0.6) is 0 Å². The third-order valence-corrected chi connectivity index (χ3v) is 2.44. The minimum absolute atomic E-state index is 0.201. The van der Waals surface area contributed by atoms with Crippen LogP contribution in [0.15, 0.2) is 24.4 Å². The summed E-state index contributed by atoms with van der Waals surface area (Å²) in [4.78, 5) is 0. The Balaban J connectivity index is 2.42. The molecule has 0 spiro atoms. The molecule has 0 aliphatic heterocycles. The molecule has 0 aliphatic carbocycles. The quantitative estimate of drug-likeness (QED) is 0.874. The third kappa shape index (κ3) is 2.05. The maximum absolute atomic E-state index is 12.8. The second-order valence-electron chi connectivity index (χ2n) is 3.47. The van der Waals surface area contributed by atoms with Gasteiger partial charge in [0.25, 0.3) is 0 Å². The van der Waals surface area contributed by atoms with Gasteiger partial charge in [-0.05, 0) is 25.1 Å². The molecular weight excluding hydrogens is 231 g/mol. The van der Waals surface area contributed by atoms with Crippen LogP contribution in [0, 0.1) is 5.82 Å². The van der Waals surface area contributed by atoms with E-state index in [1.165, 1.54) is 22.9 Å². The maximum Gasteiger partial charge on any atom is 0.124 e. The van der Waals surface area contributed by atoms with Gasteiger partial charge < -0.3 is 5.73 Å². The second kappa shape index (κ2) is 4.19. The van der Waals surface area contributed by atoms with Crippen molar-refractivity contribution in [2.24, 2.45) is 5.73 Å². The van der Waals surface area contributed by atoms with Crippen LogP contribution in [0.3, 0.4) is 0 Å². The molecule has 1 aromatic heterocycles. The lowest BCUT2D eigenvalue weighted by molar-refractivity contribution is 0.627. The van der Waals surface area contributed by atoms with Crippen molar-refractivity contribution in [2.75, 3.05) is 0 Å². The topological polar surface area (TPSA) is 56.7 Å². The van der Waals surface area contributed by atoms with Crippen LogP contribution < -0.4 is 5.73 Å². The highest BCUT2D eigenvalue weighted by atomic mass is 35.5. The number of rotatable bonds is 2. The number of nitrogens with zero attached hydrogens (tertiary/aromatic N) is 3. The zero-order valence-corrected chi connectivity index (χ0v) is 9.32. The third-order valence-electron chi connectivity index (χ3n) is 2.13. The van der Waals surface area contributed by atoms with Gasteiger partial charge in [0.1, 0.15) is 5.82 Å². The lowest BCUT2D eigenvalue weighted by atomic mass is 10.3. The van der Waals surface area contributed by atoms with E-state index in [0.717, 1.165) is 0 Å². The first-order valence-electron chi connectivity index (χ1n) is 4.71. The number of hydrogen-bond donors (Lipinski definition) is 1. The molecule has 16 heavy (non-hydrogen) atoms. The van der Waals surface area contributed by atoms with Gasteiger partial charge in [-0.2, -0.15) is 0 Å². The normalized spacial score (nSPS) is 12.8. The van der Waals surface area contributed by atoms with Crippen LogP contribution in [-0.2, 0) is 0 Å². The lowest BCUT2D eigenvalue weighted by Gasteiger charge is -2.02. The van der Waals surface area contributed by atoms with Gasteiger partial charge in [-0.25, -0.2) is 9.07 Å². The van der Waals surface area contributed by atoms with Crippen LogP contribution in [0.1, 0.15) is 18.7 Å². The fourth-order valence-corrected chi connectivity index (χ4v) is 1.52. The molecule has 1 unspecified atom stereocenters. The summed E-state index contributed by atoms with van der Waals surface area (Å²) in [7, 11) is 0. The van der Waals surface area contributed by atoms with E-state index in [-0.39, 0.29) is 16.9 Å². The average Bonchev–Trinajstić information content (AvgIpc) is 2.66. The Bertz CT molecular complexity index is 509. The zero-order chi connectivity index (χ0) is 11.7. The highest BCUT2D eigenvalue weighted by Gasteiger charge is 2.09. The number of nitrogens with two attached hydrogens (primary N) is 1. The Morgan fingerprint density at radius 2 is 2.25 bits per heavy atom. The largest absolute Gasteiger partial charge is 0.323 e. The molecule has 2 rings (SSSR count). The fourth-order valence-electron chi connectivity index (χ4n) is 1.27. The molecule has 1 atom stereocenters. The molecule has 0 radical (unpaired) electrons. The summed E-state index contributed by atoms with van der Waals surface area (Å²) in [6, 6.07) is 3.88. The highest BCUT2D eigenvalue weighted by molar-refractivity contribution is 6.32. The molecule has 4 nitrogen and oxygen atoms in total. The van der Waals surface area contributed by atoms with Gasteiger partial charge in [-0.3, -0.25) is 0 Å². The van der Waals surface area contributed by atoms with Crippen LogP contribution in [0.25, 0.3) is 5.69 Å². The van der Waals surface area contributed by atoms with E-state index in [1.807, 2.05) is 0 Å². The molecule has 0 saturated heterocycles. The van der Waals surface area contributed by atoms with Crippen molar-refractivity contribution in [3.8, 4) is 5.69 Å². The summed E-state index contributed by atoms with van der Waals surface area (Å²) in [6.45, 7) is 1.81. The van der Waals surface area contributed by atoms with Crippen molar-refractivity contribution in [1.82, 2.24) is 15.0 Å². The molecule has 1 aromatic carbocycles. The summed E-state index contributed by atoms with van der Waals surface area (Å²) < 4.78 is 14.3. The SMILES string of the molecule is CC(N)c1cn(-c2ccc(F)cc2Cl)nn1. The lowest BCUT2D eigenvalue weighted by Crippen LogP contribution is -2.04. The monoisotopic (exact) mass is 240 g/mol. The number of halogens is 2. The maximum atomic E-state index is 12.8. The summed E-state index contributed by atoms with van der Waals surface area (Å²) in [5, 5.41) is 8.05. The van der Waals surface area contributed by atoms with Crippen LogP contribution in [0.4, 0.5) is 4.39 Å². The Morgan fingerprint density at radius 3 is 2.81 bits per heavy atom. The van der Waals surface area contributed by atoms with E-state index >= 15 is 0 Å². The first-order valence-corrected chi connectivity index (χ1v) is 5.09. The standard InChI is InChI=1S/C10H10ClFN4/c1-6(13)9-5-16(15-14-9)10-3-2-7(12)4-8(10)11/h2-6H,13H2,1H3. The van der Waals surface area contributed by atoms with Gasteiger partial charge >= 0.3 is 0 Å². The first-order chi connectivity index (χ1) is 7.58. The van der Waals surface area contributed by atoms with E-state index in [4.69, 9.17) is 17.3 Å². The van der Waals surface area contributed by atoms with E-state index in [0.29, 0.717) is 11.4 Å². The van der Waals surface area contributed by atoms with Gasteiger partial charge in [-0.15, -0.1) is 5.10 Å². The van der Waals surface area contributed by atoms with Gasteiger partial charge in [0.05, 0.1) is 22.6 Å². The van der Waals surface area contributed by atoms with E-state index in [2.05, 4.69) is 10.3 Å². The Morgan fingerprint density at radius 1 is 1.50 bits per heavy atom. The molecular formula is C10H10ClFN4. The Hall–Kier alpha value is -1.46. The molecule has 0 aliphatic rings. The van der Waals surface area contributed by atoms with Gasteiger partial charge in [0.15, 0.2) is 0 Å². The second-order valence-corrected chi connectivity index (χ2v) is 3.88. The molecule has 0 fully saturated rings. The summed E-state index contributed by atoms with van der Waals surface area (Å²) in [6.07, 6.45) is 1.67. The van der Waals surface area contributed by atoms with Crippen molar-refractivity contribution >= 4 is 11.6 Å². The van der Waals surface area contributed by atoms with Crippen molar-refractivity contribution in [2.45, 2.75) is 13.0 Å². The summed E-state index contributed by atoms with van der Waals surface area (Å²) in [5.74, 6) is -0.388. The van der Waals surface area contributed by atoms with Gasteiger partial charge in [0, 0.05) is 6.04 Å². The van der Waals surface area contributed by atoms with E-state index in [9.17, 15) is 4.39 Å². The number of benzene rings is 1. The van der Waals surface area contributed by atoms with Crippen LogP contribution >= 0.6 is 11.6 Å². The van der Waals surface area contributed by atoms with Gasteiger partial charge in [-0.1, -0.05) is 16.8 Å². The predicted octanol–water partition coefficient (Wildman–Crippen LogP) is 2.08. The Kier molecular flexibility index (Phi) is 2.89. The van der Waals surface area contributed by atoms with Crippen LogP contribution in [-0.4, -0.2) is 15.0 Å². The molecule has 0 saturated carbocycles. The molecule has 0 bridgehead atoms. The van der Waals surface area contributed by atoms with Crippen molar-refractivity contribution in [1.29, 1.82) is 0 Å². The molecule has 1 heterocycles. The molecule has 0 amide bonds. The summed E-state index contributed by atoms with van der Waals surface area (Å²) in [5.41, 5.74) is 6.88. The number of aromatic nitrogens is 3. The zero-order valence-electron chi connectivity index (χ0n) is 8.56. The molecule has 6 heteroatoms.